The highest BCUT2D eigenvalue weighted by atomic mass is 35.5. The molecule has 0 fully saturated rings. The Bertz CT molecular complexity index is 781. The van der Waals surface area contributed by atoms with E-state index in [0.717, 1.165) is 12.0 Å². The average Bonchev–Trinajstić information content (AvgIpc) is 2.55. The summed E-state index contributed by atoms with van der Waals surface area (Å²) in [6.07, 6.45) is 0.747. The molecular formula is C16H14Cl2N2O4. The molecule has 8 heteroatoms. The molecule has 24 heavy (non-hydrogen) atoms. The molecule has 2 aromatic carbocycles. The molecule has 0 heterocycles. The first-order chi connectivity index (χ1) is 11.4. The molecule has 0 unspecified atom stereocenters. The Labute approximate surface area is 148 Å². The van der Waals surface area contributed by atoms with E-state index in [-0.39, 0.29) is 23.0 Å². The van der Waals surface area contributed by atoms with Gasteiger partial charge in [-0.15, -0.1) is 0 Å². The number of nitrogens with zero attached hydrogens (tertiary/aromatic N) is 1. The zero-order valence-electron chi connectivity index (χ0n) is 12.7. The van der Waals surface area contributed by atoms with Crippen LogP contribution >= 0.6 is 23.2 Å². The van der Waals surface area contributed by atoms with Gasteiger partial charge in [0.2, 0.25) is 0 Å². The lowest BCUT2D eigenvalue weighted by molar-refractivity contribution is -0.384. The lowest BCUT2D eigenvalue weighted by Gasteiger charge is -2.09. The van der Waals surface area contributed by atoms with Crippen molar-refractivity contribution in [1.29, 1.82) is 0 Å². The zero-order valence-corrected chi connectivity index (χ0v) is 14.2. The van der Waals surface area contributed by atoms with Crippen LogP contribution in [0.25, 0.3) is 0 Å². The number of anilines is 1. The van der Waals surface area contributed by atoms with Crippen molar-refractivity contribution in [3.63, 3.8) is 0 Å². The lowest BCUT2D eigenvalue weighted by Crippen LogP contribution is -2.20. The highest BCUT2D eigenvalue weighted by Gasteiger charge is 2.14. The van der Waals surface area contributed by atoms with Crippen molar-refractivity contribution in [1.82, 2.24) is 0 Å². The fourth-order valence-corrected chi connectivity index (χ4v) is 2.43. The highest BCUT2D eigenvalue weighted by molar-refractivity contribution is 6.32. The predicted molar refractivity (Wildman–Crippen MR) is 93.1 cm³/mol. The summed E-state index contributed by atoms with van der Waals surface area (Å²) in [5.74, 6) is 0.0769. The number of nitro groups is 1. The van der Waals surface area contributed by atoms with Crippen LogP contribution in [-0.4, -0.2) is 17.4 Å². The molecule has 0 spiro atoms. The maximum Gasteiger partial charge on any atom is 0.289 e. The zero-order chi connectivity index (χ0) is 17.7. The third-order valence-corrected chi connectivity index (χ3v) is 3.88. The van der Waals surface area contributed by atoms with Crippen molar-refractivity contribution < 1.29 is 14.5 Å². The van der Waals surface area contributed by atoms with Crippen LogP contribution in [-0.2, 0) is 11.2 Å². The predicted octanol–water partition coefficient (Wildman–Crippen LogP) is 4.48. The number of amides is 1. The normalized spacial score (nSPS) is 10.3. The van der Waals surface area contributed by atoms with Crippen molar-refractivity contribution in [3.8, 4) is 5.75 Å². The van der Waals surface area contributed by atoms with Crippen molar-refractivity contribution in [2.24, 2.45) is 0 Å². The van der Waals surface area contributed by atoms with Gasteiger partial charge >= 0.3 is 0 Å². The molecule has 0 saturated carbocycles. The summed E-state index contributed by atoms with van der Waals surface area (Å²) in [4.78, 5) is 22.1. The summed E-state index contributed by atoms with van der Waals surface area (Å²) in [5, 5.41) is 14.0. The van der Waals surface area contributed by atoms with E-state index in [1.165, 1.54) is 18.2 Å². The molecule has 0 radical (unpaired) electrons. The van der Waals surface area contributed by atoms with Crippen LogP contribution < -0.4 is 10.1 Å². The molecule has 0 aliphatic rings. The molecule has 1 amide bonds. The van der Waals surface area contributed by atoms with E-state index in [2.05, 4.69) is 5.32 Å². The van der Waals surface area contributed by atoms with E-state index in [4.69, 9.17) is 27.9 Å². The van der Waals surface area contributed by atoms with Gasteiger partial charge < -0.3 is 10.1 Å². The van der Waals surface area contributed by atoms with Gasteiger partial charge in [-0.3, -0.25) is 14.9 Å². The number of benzene rings is 2. The molecule has 0 aliphatic carbocycles. The van der Waals surface area contributed by atoms with Crippen LogP contribution in [0.4, 0.5) is 11.4 Å². The fourth-order valence-electron chi connectivity index (χ4n) is 1.99. The van der Waals surface area contributed by atoms with Crippen LogP contribution in [0.1, 0.15) is 12.5 Å². The number of carbonyl (C=O) groups is 1. The Morgan fingerprint density at radius 1 is 1.21 bits per heavy atom. The van der Waals surface area contributed by atoms with E-state index in [1.54, 1.807) is 18.2 Å². The number of nitrogens with one attached hydrogen (secondary N) is 1. The quantitative estimate of drug-likeness (QED) is 0.601. The summed E-state index contributed by atoms with van der Waals surface area (Å²) in [7, 11) is 0. The Morgan fingerprint density at radius 2 is 1.92 bits per heavy atom. The van der Waals surface area contributed by atoms with Gasteiger partial charge in [0.05, 0.1) is 4.92 Å². The summed E-state index contributed by atoms with van der Waals surface area (Å²) in [6.45, 7) is 1.73. The standard InChI is InChI=1S/C16H14Cl2N2O4/c1-2-10-7-12(4-6-13(10)17)24-9-16(21)19-11-3-5-14(18)15(8-11)20(22)23/h3-8H,2,9H2,1H3,(H,19,21). The summed E-state index contributed by atoms with van der Waals surface area (Å²) in [6, 6.07) is 9.16. The molecule has 126 valence electrons. The van der Waals surface area contributed by atoms with Crippen LogP contribution in [0.5, 0.6) is 5.75 Å². The van der Waals surface area contributed by atoms with E-state index in [9.17, 15) is 14.9 Å². The van der Waals surface area contributed by atoms with E-state index in [1.807, 2.05) is 6.92 Å². The third-order valence-electron chi connectivity index (χ3n) is 3.19. The molecule has 0 aliphatic heterocycles. The number of carbonyl (C=O) groups excluding carboxylic acids is 1. The minimum atomic E-state index is -0.617. The number of hydrogen-bond acceptors (Lipinski definition) is 4. The minimum Gasteiger partial charge on any atom is -0.484 e. The van der Waals surface area contributed by atoms with Gasteiger partial charge in [0.15, 0.2) is 6.61 Å². The van der Waals surface area contributed by atoms with E-state index >= 15 is 0 Å². The maximum absolute atomic E-state index is 11.9. The Balaban J connectivity index is 1.99. The number of hydrogen-bond donors (Lipinski definition) is 1. The lowest BCUT2D eigenvalue weighted by atomic mass is 10.1. The minimum absolute atomic E-state index is 0.00232. The molecule has 0 aromatic heterocycles. The fraction of sp³-hybridized carbons (Fsp3) is 0.188. The molecular weight excluding hydrogens is 355 g/mol. The molecule has 0 atom stereocenters. The van der Waals surface area contributed by atoms with Crippen molar-refractivity contribution in [3.05, 3.63) is 62.1 Å². The topological polar surface area (TPSA) is 81.5 Å². The summed E-state index contributed by atoms with van der Waals surface area (Å²) >= 11 is 11.7. The second-order valence-corrected chi connectivity index (χ2v) is 5.68. The number of aryl methyl sites for hydroxylation is 1. The highest BCUT2D eigenvalue weighted by Crippen LogP contribution is 2.27. The van der Waals surface area contributed by atoms with Gasteiger partial charge in [0.1, 0.15) is 10.8 Å². The smallest absolute Gasteiger partial charge is 0.289 e. The van der Waals surface area contributed by atoms with E-state index < -0.39 is 10.8 Å². The van der Waals surface area contributed by atoms with Crippen molar-refractivity contribution in [2.75, 3.05) is 11.9 Å². The number of nitro benzene ring substituents is 1. The second kappa shape index (κ2) is 7.99. The molecule has 2 aromatic rings. The van der Waals surface area contributed by atoms with E-state index in [0.29, 0.717) is 10.8 Å². The number of halogens is 2. The molecule has 6 nitrogen and oxygen atoms in total. The Hall–Kier alpha value is -2.31. The molecule has 0 saturated heterocycles. The van der Waals surface area contributed by atoms with Crippen LogP contribution in [0.15, 0.2) is 36.4 Å². The van der Waals surface area contributed by atoms with Crippen LogP contribution in [0.3, 0.4) is 0 Å². The van der Waals surface area contributed by atoms with Gasteiger partial charge in [-0.1, -0.05) is 30.1 Å². The van der Waals surface area contributed by atoms with Gasteiger partial charge in [-0.2, -0.15) is 0 Å². The Kier molecular flexibility index (Phi) is 6.00. The first-order valence-electron chi connectivity index (χ1n) is 7.05. The Morgan fingerprint density at radius 3 is 2.58 bits per heavy atom. The van der Waals surface area contributed by atoms with Crippen molar-refractivity contribution in [2.45, 2.75) is 13.3 Å². The first kappa shape index (κ1) is 18.0. The van der Waals surface area contributed by atoms with Gasteiger partial charge in [-0.05, 0) is 42.3 Å². The van der Waals surface area contributed by atoms with Gasteiger partial charge in [0, 0.05) is 16.8 Å². The third kappa shape index (κ3) is 4.59. The largest absolute Gasteiger partial charge is 0.484 e. The molecule has 2 rings (SSSR count). The molecule has 1 N–H and O–H groups in total. The number of rotatable bonds is 6. The SMILES string of the molecule is CCc1cc(OCC(=O)Nc2ccc(Cl)c([N+](=O)[O-])c2)ccc1Cl. The first-order valence-corrected chi connectivity index (χ1v) is 7.81. The maximum atomic E-state index is 11.9. The second-order valence-electron chi connectivity index (χ2n) is 4.87. The summed E-state index contributed by atoms with van der Waals surface area (Å²) in [5.41, 5.74) is 0.911. The van der Waals surface area contributed by atoms with Crippen LogP contribution in [0.2, 0.25) is 10.0 Å². The average molecular weight is 369 g/mol. The monoisotopic (exact) mass is 368 g/mol. The van der Waals surface area contributed by atoms with Gasteiger partial charge in [0.25, 0.3) is 11.6 Å². The summed E-state index contributed by atoms with van der Waals surface area (Å²) < 4.78 is 5.41. The van der Waals surface area contributed by atoms with Crippen molar-refractivity contribution >= 4 is 40.5 Å². The number of ether oxygens (including phenoxy) is 1. The van der Waals surface area contributed by atoms with Crippen LogP contribution in [0, 0.1) is 10.1 Å². The van der Waals surface area contributed by atoms with Gasteiger partial charge in [-0.25, -0.2) is 0 Å². The molecule has 0 bridgehead atoms.